The van der Waals surface area contributed by atoms with E-state index < -0.39 is 17.6 Å². The monoisotopic (exact) mass is 509 g/mol. The maximum Gasteiger partial charge on any atom is 0.259 e. The molecule has 0 aliphatic carbocycles. The molecule has 2 amide bonds. The number of pyridine rings is 1. The molecule has 0 atom stereocenters. The molecule has 3 aromatic rings. The van der Waals surface area contributed by atoms with Crippen LogP contribution in [0, 0.1) is 11.2 Å². The Hall–Kier alpha value is -3.59. The van der Waals surface area contributed by atoms with Gasteiger partial charge in [0, 0.05) is 34.9 Å². The van der Waals surface area contributed by atoms with Gasteiger partial charge in [0.1, 0.15) is 17.5 Å². The van der Waals surface area contributed by atoms with Gasteiger partial charge in [-0.25, -0.2) is 9.37 Å². The van der Waals surface area contributed by atoms with Crippen molar-refractivity contribution < 1.29 is 14.0 Å². The second-order valence-electron chi connectivity index (χ2n) is 7.58. The van der Waals surface area contributed by atoms with Crippen LogP contribution in [0.3, 0.4) is 0 Å². The molecule has 7 nitrogen and oxygen atoms in total. The standard InChI is InChI=1S/C24H21BrFN5O2/c25-17-7-10-21(28-14-17)30-24(33)19-13-18(26)8-9-20(19)29-23(32)16-5-3-15(4-6-16)22(27)31-11-1-2-12-31/h3-10,13-14,27H,1-2,11-12H2,(H,29,32)(H,28,30,33). The molecule has 0 unspecified atom stereocenters. The zero-order valence-electron chi connectivity index (χ0n) is 17.6. The van der Waals surface area contributed by atoms with Gasteiger partial charge in [-0.05, 0) is 71.2 Å². The summed E-state index contributed by atoms with van der Waals surface area (Å²) in [5.41, 5.74) is 1.24. The molecule has 33 heavy (non-hydrogen) atoms. The Morgan fingerprint density at radius 1 is 0.939 bits per heavy atom. The number of hydrogen-bond donors (Lipinski definition) is 3. The third kappa shape index (κ3) is 5.43. The van der Waals surface area contributed by atoms with Crippen LogP contribution in [-0.2, 0) is 0 Å². The van der Waals surface area contributed by atoms with Gasteiger partial charge in [0.15, 0.2) is 0 Å². The van der Waals surface area contributed by atoms with Gasteiger partial charge in [-0.2, -0.15) is 0 Å². The number of anilines is 2. The predicted molar refractivity (Wildman–Crippen MR) is 128 cm³/mol. The van der Waals surface area contributed by atoms with Gasteiger partial charge >= 0.3 is 0 Å². The maximum absolute atomic E-state index is 13.9. The van der Waals surface area contributed by atoms with Gasteiger partial charge in [-0.3, -0.25) is 15.0 Å². The molecule has 4 rings (SSSR count). The van der Waals surface area contributed by atoms with Crippen LogP contribution in [0.15, 0.2) is 65.3 Å². The lowest BCUT2D eigenvalue weighted by molar-refractivity contribution is 0.102. The first-order chi connectivity index (χ1) is 15.9. The van der Waals surface area contributed by atoms with Crippen molar-refractivity contribution in [1.82, 2.24) is 9.88 Å². The first-order valence-electron chi connectivity index (χ1n) is 10.4. The molecular formula is C24H21BrFN5O2. The summed E-state index contributed by atoms with van der Waals surface area (Å²) < 4.78 is 14.6. The number of hydrogen-bond acceptors (Lipinski definition) is 4. The maximum atomic E-state index is 13.9. The average molecular weight is 510 g/mol. The lowest BCUT2D eigenvalue weighted by Crippen LogP contribution is -2.27. The number of rotatable bonds is 5. The second-order valence-corrected chi connectivity index (χ2v) is 8.50. The van der Waals surface area contributed by atoms with Crippen molar-refractivity contribution in [3.05, 3.63) is 87.8 Å². The van der Waals surface area contributed by atoms with E-state index in [-0.39, 0.29) is 11.3 Å². The van der Waals surface area contributed by atoms with Crippen molar-refractivity contribution >= 4 is 45.1 Å². The molecule has 0 radical (unpaired) electrons. The average Bonchev–Trinajstić information content (AvgIpc) is 3.36. The fraction of sp³-hybridized carbons (Fsp3) is 0.167. The van der Waals surface area contributed by atoms with Crippen molar-refractivity contribution in [1.29, 1.82) is 5.41 Å². The van der Waals surface area contributed by atoms with Crippen molar-refractivity contribution in [3.8, 4) is 0 Å². The number of nitrogens with zero attached hydrogens (tertiary/aromatic N) is 2. The number of halogens is 2. The van der Waals surface area contributed by atoms with E-state index in [0.717, 1.165) is 42.0 Å². The lowest BCUT2D eigenvalue weighted by Gasteiger charge is -2.18. The van der Waals surface area contributed by atoms with E-state index in [0.29, 0.717) is 17.2 Å². The first kappa shape index (κ1) is 22.6. The van der Waals surface area contributed by atoms with E-state index in [9.17, 15) is 14.0 Å². The Balaban J connectivity index is 1.49. The summed E-state index contributed by atoms with van der Waals surface area (Å²) in [6.45, 7) is 1.73. The normalized spacial score (nSPS) is 13.0. The number of likely N-dealkylation sites (tertiary alicyclic amines) is 1. The summed E-state index contributed by atoms with van der Waals surface area (Å²) in [4.78, 5) is 31.6. The van der Waals surface area contributed by atoms with Crippen LogP contribution < -0.4 is 10.6 Å². The van der Waals surface area contributed by atoms with E-state index in [2.05, 4.69) is 31.5 Å². The molecule has 0 bridgehead atoms. The van der Waals surface area contributed by atoms with E-state index in [1.807, 2.05) is 4.90 Å². The highest BCUT2D eigenvalue weighted by atomic mass is 79.9. The minimum Gasteiger partial charge on any atom is -0.357 e. The molecule has 168 valence electrons. The predicted octanol–water partition coefficient (Wildman–Crippen LogP) is 4.91. The van der Waals surface area contributed by atoms with Crippen molar-refractivity contribution in [2.75, 3.05) is 23.7 Å². The number of aromatic nitrogens is 1. The Labute approximate surface area is 198 Å². The quantitative estimate of drug-likeness (QED) is 0.336. The zero-order valence-corrected chi connectivity index (χ0v) is 19.2. The van der Waals surface area contributed by atoms with Crippen LogP contribution >= 0.6 is 15.9 Å². The number of amides is 2. The van der Waals surface area contributed by atoms with E-state index in [1.54, 1.807) is 36.4 Å². The van der Waals surface area contributed by atoms with Crippen LogP contribution in [0.25, 0.3) is 0 Å². The first-order valence-corrected chi connectivity index (χ1v) is 11.2. The van der Waals surface area contributed by atoms with Gasteiger partial charge in [0.2, 0.25) is 0 Å². The van der Waals surface area contributed by atoms with Gasteiger partial charge < -0.3 is 15.5 Å². The van der Waals surface area contributed by atoms with Crippen LogP contribution in [0.2, 0.25) is 0 Å². The van der Waals surface area contributed by atoms with Gasteiger partial charge in [-0.15, -0.1) is 0 Å². The largest absolute Gasteiger partial charge is 0.357 e. The zero-order chi connectivity index (χ0) is 23.4. The molecule has 9 heteroatoms. The Morgan fingerprint density at radius 3 is 2.30 bits per heavy atom. The summed E-state index contributed by atoms with van der Waals surface area (Å²) >= 11 is 3.27. The molecule has 0 spiro atoms. The Kier molecular flexibility index (Phi) is 6.79. The minimum atomic E-state index is -0.605. The summed E-state index contributed by atoms with van der Waals surface area (Å²) in [7, 11) is 0. The highest BCUT2D eigenvalue weighted by Gasteiger charge is 2.18. The molecule has 2 heterocycles. The van der Waals surface area contributed by atoms with Crippen molar-refractivity contribution in [2.24, 2.45) is 0 Å². The third-order valence-corrected chi connectivity index (χ3v) is 5.76. The van der Waals surface area contributed by atoms with Crippen LogP contribution in [0.4, 0.5) is 15.9 Å². The molecule has 1 fully saturated rings. The minimum absolute atomic E-state index is 0.0273. The van der Waals surface area contributed by atoms with E-state index in [1.165, 1.54) is 18.3 Å². The summed E-state index contributed by atoms with van der Waals surface area (Å²) in [6.07, 6.45) is 3.68. The summed E-state index contributed by atoms with van der Waals surface area (Å²) in [6, 6.07) is 13.6. The van der Waals surface area contributed by atoms with E-state index >= 15 is 0 Å². The Morgan fingerprint density at radius 2 is 1.64 bits per heavy atom. The van der Waals surface area contributed by atoms with Crippen LogP contribution in [0.5, 0.6) is 0 Å². The van der Waals surface area contributed by atoms with E-state index in [4.69, 9.17) is 5.41 Å². The summed E-state index contributed by atoms with van der Waals surface area (Å²) in [5, 5.41) is 13.6. The molecule has 2 aromatic carbocycles. The fourth-order valence-corrected chi connectivity index (χ4v) is 3.78. The number of amidine groups is 1. The molecule has 0 saturated carbocycles. The molecular weight excluding hydrogens is 489 g/mol. The molecule has 1 aliphatic heterocycles. The van der Waals surface area contributed by atoms with Crippen LogP contribution in [0.1, 0.15) is 39.1 Å². The smallest absolute Gasteiger partial charge is 0.259 e. The molecule has 1 aliphatic rings. The topological polar surface area (TPSA) is 98.2 Å². The molecule has 3 N–H and O–H groups in total. The van der Waals surface area contributed by atoms with Gasteiger partial charge in [0.25, 0.3) is 11.8 Å². The summed E-state index contributed by atoms with van der Waals surface area (Å²) in [5.74, 6) is -0.920. The Bertz CT molecular complexity index is 1190. The SMILES string of the molecule is N=C(c1ccc(C(=O)Nc2ccc(F)cc2C(=O)Nc2ccc(Br)cn2)cc1)N1CCCC1. The fourth-order valence-electron chi connectivity index (χ4n) is 3.54. The van der Waals surface area contributed by atoms with Crippen LogP contribution in [-0.4, -0.2) is 40.6 Å². The number of nitrogens with one attached hydrogen (secondary N) is 3. The number of carbonyl (C=O) groups is 2. The highest BCUT2D eigenvalue weighted by Crippen LogP contribution is 2.21. The highest BCUT2D eigenvalue weighted by molar-refractivity contribution is 9.10. The van der Waals surface area contributed by atoms with Crippen molar-refractivity contribution in [2.45, 2.75) is 12.8 Å². The number of carbonyl (C=O) groups excluding carboxylic acids is 2. The number of benzene rings is 2. The van der Waals surface area contributed by atoms with Crippen molar-refractivity contribution in [3.63, 3.8) is 0 Å². The molecule has 1 aromatic heterocycles. The van der Waals surface area contributed by atoms with Gasteiger partial charge in [-0.1, -0.05) is 12.1 Å². The third-order valence-electron chi connectivity index (χ3n) is 5.29. The lowest BCUT2D eigenvalue weighted by atomic mass is 10.1. The second kappa shape index (κ2) is 9.91. The molecule has 1 saturated heterocycles. The van der Waals surface area contributed by atoms with Gasteiger partial charge in [0.05, 0.1) is 11.3 Å².